The first kappa shape index (κ1) is 15.4. The van der Waals surface area contributed by atoms with Crippen LogP contribution in [0.25, 0.3) is 0 Å². The molecule has 1 atom stereocenters. The number of furan rings is 2. The van der Waals surface area contributed by atoms with E-state index in [4.69, 9.17) is 8.83 Å². The zero-order valence-electron chi connectivity index (χ0n) is 13.3. The summed E-state index contributed by atoms with van der Waals surface area (Å²) in [6.07, 6.45) is 4.63. The van der Waals surface area contributed by atoms with E-state index in [9.17, 15) is 9.59 Å². The fraction of sp³-hybridized carbons (Fsp3) is 0.412. The molecule has 23 heavy (non-hydrogen) atoms. The molecule has 1 N–H and O–H groups in total. The number of carbonyl (C=O) groups is 2. The molecule has 2 aromatic rings. The summed E-state index contributed by atoms with van der Waals surface area (Å²) in [6, 6.07) is 3.14. The quantitative estimate of drug-likeness (QED) is 0.940. The Morgan fingerprint density at radius 2 is 2.17 bits per heavy atom. The zero-order valence-corrected chi connectivity index (χ0v) is 13.3. The lowest BCUT2D eigenvalue weighted by atomic mass is 10.1. The Morgan fingerprint density at radius 1 is 1.35 bits per heavy atom. The highest BCUT2D eigenvalue weighted by molar-refractivity contribution is 5.99. The second kappa shape index (κ2) is 6.32. The Hall–Kier alpha value is -2.50. The monoisotopic (exact) mass is 316 g/mol. The van der Waals surface area contributed by atoms with Crippen LogP contribution < -0.4 is 5.32 Å². The highest BCUT2D eigenvalue weighted by Crippen LogP contribution is 2.24. The van der Waals surface area contributed by atoms with Crippen molar-refractivity contribution in [2.45, 2.75) is 39.3 Å². The maximum atomic E-state index is 12.8. The molecule has 2 amide bonds. The second-order valence-electron chi connectivity index (χ2n) is 5.80. The molecule has 0 bridgehead atoms. The molecular formula is C17H20N2O4. The van der Waals surface area contributed by atoms with Crippen molar-refractivity contribution in [1.82, 2.24) is 10.2 Å². The molecular weight excluding hydrogens is 296 g/mol. The Bertz CT molecular complexity index is 683. The highest BCUT2D eigenvalue weighted by atomic mass is 16.3. The number of carbonyl (C=O) groups excluding carboxylic acids is 2. The summed E-state index contributed by atoms with van der Waals surface area (Å²) in [5.74, 6) is 1.00. The first-order valence-corrected chi connectivity index (χ1v) is 7.73. The van der Waals surface area contributed by atoms with Gasteiger partial charge in [0.25, 0.3) is 5.91 Å². The Kier molecular flexibility index (Phi) is 4.23. The number of nitrogens with one attached hydrogen (secondary N) is 1. The molecule has 1 fully saturated rings. The van der Waals surface area contributed by atoms with E-state index in [1.165, 1.54) is 0 Å². The number of amides is 2. The molecule has 1 saturated heterocycles. The third-order valence-corrected chi connectivity index (χ3v) is 4.21. The van der Waals surface area contributed by atoms with Gasteiger partial charge in [-0.05, 0) is 38.8 Å². The molecule has 6 heteroatoms. The molecule has 122 valence electrons. The van der Waals surface area contributed by atoms with Gasteiger partial charge in [-0.2, -0.15) is 0 Å². The third kappa shape index (κ3) is 3.02. The predicted octanol–water partition coefficient (Wildman–Crippen LogP) is 2.41. The SMILES string of the molecule is Cc1coc(C)c1C(=O)N1CCCC1C(=O)NCc1ccco1. The van der Waals surface area contributed by atoms with E-state index in [2.05, 4.69) is 5.32 Å². The minimum absolute atomic E-state index is 0.135. The number of hydrogen-bond donors (Lipinski definition) is 1. The van der Waals surface area contributed by atoms with E-state index in [1.54, 1.807) is 36.5 Å². The van der Waals surface area contributed by atoms with Crippen molar-refractivity contribution < 1.29 is 18.4 Å². The predicted molar refractivity (Wildman–Crippen MR) is 82.8 cm³/mol. The van der Waals surface area contributed by atoms with Crippen molar-refractivity contribution in [1.29, 1.82) is 0 Å². The van der Waals surface area contributed by atoms with Gasteiger partial charge in [-0.15, -0.1) is 0 Å². The van der Waals surface area contributed by atoms with Crippen LogP contribution in [0.4, 0.5) is 0 Å². The number of aryl methyl sites for hydroxylation is 2. The molecule has 0 aliphatic carbocycles. The van der Waals surface area contributed by atoms with Crippen LogP contribution >= 0.6 is 0 Å². The van der Waals surface area contributed by atoms with Gasteiger partial charge in [-0.1, -0.05) is 0 Å². The molecule has 3 heterocycles. The standard InChI is InChI=1S/C17H20N2O4/c1-11-10-23-12(2)15(11)17(21)19-7-3-6-14(19)16(20)18-9-13-5-4-8-22-13/h4-5,8,10,14H,3,6-7,9H2,1-2H3,(H,18,20). The largest absolute Gasteiger partial charge is 0.469 e. The van der Waals surface area contributed by atoms with Crippen molar-refractivity contribution >= 4 is 11.8 Å². The van der Waals surface area contributed by atoms with E-state index in [1.807, 2.05) is 6.92 Å². The van der Waals surface area contributed by atoms with E-state index in [-0.39, 0.29) is 11.8 Å². The third-order valence-electron chi connectivity index (χ3n) is 4.21. The van der Waals surface area contributed by atoms with Crippen LogP contribution in [0, 0.1) is 13.8 Å². The molecule has 6 nitrogen and oxygen atoms in total. The molecule has 1 aliphatic rings. The summed E-state index contributed by atoms with van der Waals surface area (Å²) < 4.78 is 10.5. The molecule has 0 aromatic carbocycles. The van der Waals surface area contributed by atoms with Gasteiger partial charge in [0.15, 0.2) is 0 Å². The van der Waals surface area contributed by atoms with Crippen LogP contribution in [-0.2, 0) is 11.3 Å². The molecule has 1 unspecified atom stereocenters. The summed E-state index contributed by atoms with van der Waals surface area (Å²) in [5, 5.41) is 2.84. The highest BCUT2D eigenvalue weighted by Gasteiger charge is 2.36. The Labute approximate surface area is 134 Å². The summed E-state index contributed by atoms with van der Waals surface area (Å²) in [6.45, 7) is 4.52. The summed E-state index contributed by atoms with van der Waals surface area (Å²) in [5.41, 5.74) is 1.37. The zero-order chi connectivity index (χ0) is 16.4. The van der Waals surface area contributed by atoms with Gasteiger partial charge in [0.1, 0.15) is 17.6 Å². The van der Waals surface area contributed by atoms with Crippen LogP contribution in [0.2, 0.25) is 0 Å². The molecule has 1 aliphatic heterocycles. The average molecular weight is 316 g/mol. The minimum atomic E-state index is -0.439. The van der Waals surface area contributed by atoms with Gasteiger partial charge in [-0.3, -0.25) is 9.59 Å². The van der Waals surface area contributed by atoms with Crippen molar-refractivity contribution in [3.63, 3.8) is 0 Å². The van der Waals surface area contributed by atoms with Crippen molar-refractivity contribution in [2.24, 2.45) is 0 Å². The lowest BCUT2D eigenvalue weighted by Crippen LogP contribution is -2.45. The van der Waals surface area contributed by atoms with Crippen molar-refractivity contribution in [2.75, 3.05) is 6.54 Å². The first-order valence-electron chi connectivity index (χ1n) is 7.73. The van der Waals surface area contributed by atoms with E-state index >= 15 is 0 Å². The van der Waals surface area contributed by atoms with Crippen LogP contribution in [0.15, 0.2) is 33.5 Å². The number of rotatable bonds is 4. The maximum absolute atomic E-state index is 12.8. The molecule has 0 saturated carbocycles. The Morgan fingerprint density at radius 3 is 2.83 bits per heavy atom. The molecule has 2 aromatic heterocycles. The van der Waals surface area contributed by atoms with Gasteiger partial charge in [0.05, 0.1) is 24.6 Å². The fourth-order valence-electron chi connectivity index (χ4n) is 3.02. The van der Waals surface area contributed by atoms with Gasteiger partial charge in [-0.25, -0.2) is 0 Å². The number of likely N-dealkylation sites (tertiary alicyclic amines) is 1. The second-order valence-corrected chi connectivity index (χ2v) is 5.80. The van der Waals surface area contributed by atoms with Gasteiger partial charge in [0.2, 0.25) is 5.91 Å². The normalized spacial score (nSPS) is 17.5. The topological polar surface area (TPSA) is 75.7 Å². The minimum Gasteiger partial charge on any atom is -0.469 e. The van der Waals surface area contributed by atoms with Gasteiger partial charge in [0, 0.05) is 12.1 Å². The van der Waals surface area contributed by atoms with Crippen LogP contribution in [0.3, 0.4) is 0 Å². The number of hydrogen-bond acceptors (Lipinski definition) is 4. The lowest BCUT2D eigenvalue weighted by Gasteiger charge is -2.24. The fourth-order valence-corrected chi connectivity index (χ4v) is 3.02. The first-order chi connectivity index (χ1) is 11.1. The number of nitrogens with zero attached hydrogens (tertiary/aromatic N) is 1. The molecule has 0 spiro atoms. The van der Waals surface area contributed by atoms with Gasteiger partial charge >= 0.3 is 0 Å². The summed E-state index contributed by atoms with van der Waals surface area (Å²) in [4.78, 5) is 26.8. The van der Waals surface area contributed by atoms with Crippen molar-refractivity contribution in [3.8, 4) is 0 Å². The summed E-state index contributed by atoms with van der Waals surface area (Å²) in [7, 11) is 0. The van der Waals surface area contributed by atoms with Gasteiger partial charge < -0.3 is 19.1 Å². The van der Waals surface area contributed by atoms with E-state index in [0.717, 1.165) is 12.0 Å². The lowest BCUT2D eigenvalue weighted by molar-refractivity contribution is -0.125. The van der Waals surface area contributed by atoms with Crippen LogP contribution in [0.5, 0.6) is 0 Å². The molecule has 3 rings (SSSR count). The average Bonchev–Trinajstić information content (AvgIpc) is 3.25. The molecule has 0 radical (unpaired) electrons. The summed E-state index contributed by atoms with van der Waals surface area (Å²) >= 11 is 0. The van der Waals surface area contributed by atoms with Crippen LogP contribution in [-0.4, -0.2) is 29.3 Å². The van der Waals surface area contributed by atoms with E-state index in [0.29, 0.717) is 36.6 Å². The smallest absolute Gasteiger partial charge is 0.258 e. The van der Waals surface area contributed by atoms with Crippen molar-refractivity contribution in [3.05, 3.63) is 47.3 Å². The van der Waals surface area contributed by atoms with Crippen LogP contribution in [0.1, 0.15) is 40.3 Å². The van der Waals surface area contributed by atoms with E-state index < -0.39 is 6.04 Å². The Balaban J connectivity index is 1.70. The maximum Gasteiger partial charge on any atom is 0.258 e.